The predicted octanol–water partition coefficient (Wildman–Crippen LogP) is 4.40. The number of alkyl halides is 1. The van der Waals surface area contributed by atoms with Crippen LogP contribution < -0.4 is 10.1 Å². The van der Waals surface area contributed by atoms with Gasteiger partial charge in [0, 0.05) is 11.2 Å². The Kier molecular flexibility index (Phi) is 7.06. The Labute approximate surface area is 130 Å². The van der Waals surface area contributed by atoms with Crippen molar-refractivity contribution in [3.05, 3.63) is 23.8 Å². The molecule has 0 radical (unpaired) electrons. The van der Waals surface area contributed by atoms with Crippen LogP contribution in [-0.4, -0.2) is 17.3 Å². The lowest BCUT2D eigenvalue weighted by Crippen LogP contribution is -2.13. The first-order chi connectivity index (χ1) is 9.47. The van der Waals surface area contributed by atoms with Gasteiger partial charge in [0.25, 0.3) is 0 Å². The monoisotopic (exact) mass is 341 g/mol. The largest absolute Gasteiger partial charge is 0.492 e. The number of nitrogens with one attached hydrogen (secondary N) is 1. The molecule has 1 aromatic carbocycles. The molecule has 0 aliphatic carbocycles. The van der Waals surface area contributed by atoms with Crippen LogP contribution in [0.4, 0.5) is 5.69 Å². The highest BCUT2D eigenvalue weighted by Gasteiger charge is 2.13. The van der Waals surface area contributed by atoms with Crippen molar-refractivity contribution in [3.63, 3.8) is 0 Å². The van der Waals surface area contributed by atoms with Crippen molar-refractivity contribution >= 4 is 27.5 Å². The van der Waals surface area contributed by atoms with Gasteiger partial charge in [-0.2, -0.15) is 0 Å². The van der Waals surface area contributed by atoms with Gasteiger partial charge in [-0.05, 0) is 37.0 Å². The third-order valence-corrected chi connectivity index (χ3v) is 4.48. The number of carbonyl (C=O) groups excluding carboxylic acids is 1. The van der Waals surface area contributed by atoms with Crippen molar-refractivity contribution in [2.45, 2.75) is 45.4 Å². The zero-order valence-electron chi connectivity index (χ0n) is 12.7. The van der Waals surface area contributed by atoms with E-state index in [1.165, 1.54) is 5.56 Å². The van der Waals surface area contributed by atoms with Crippen molar-refractivity contribution in [1.82, 2.24) is 0 Å². The highest BCUT2D eigenvalue weighted by Crippen LogP contribution is 2.28. The fourth-order valence-corrected chi connectivity index (χ4v) is 2.15. The van der Waals surface area contributed by atoms with Gasteiger partial charge in [0.1, 0.15) is 5.75 Å². The molecule has 1 N–H and O–H groups in total. The highest BCUT2D eigenvalue weighted by atomic mass is 79.9. The fourth-order valence-electron chi connectivity index (χ4n) is 1.77. The van der Waals surface area contributed by atoms with Gasteiger partial charge < -0.3 is 10.1 Å². The van der Waals surface area contributed by atoms with E-state index in [2.05, 4.69) is 35.1 Å². The fraction of sp³-hybridized carbons (Fsp3) is 0.562. The minimum absolute atomic E-state index is 0.000693. The Morgan fingerprint density at radius 2 is 2.05 bits per heavy atom. The molecule has 0 spiro atoms. The van der Waals surface area contributed by atoms with Crippen LogP contribution >= 0.6 is 15.9 Å². The average Bonchev–Trinajstić information content (AvgIpc) is 2.41. The Balaban J connectivity index is 2.91. The van der Waals surface area contributed by atoms with E-state index >= 15 is 0 Å². The van der Waals surface area contributed by atoms with Gasteiger partial charge in [-0.25, -0.2) is 0 Å². The lowest BCUT2D eigenvalue weighted by atomic mass is 10.0. The molecule has 0 fully saturated rings. The number of amides is 1. The van der Waals surface area contributed by atoms with Gasteiger partial charge >= 0.3 is 0 Å². The Bertz CT molecular complexity index is 446. The maximum absolute atomic E-state index is 11.5. The number of hydrogen-bond acceptors (Lipinski definition) is 2. The van der Waals surface area contributed by atoms with E-state index in [1.807, 2.05) is 32.0 Å². The zero-order valence-corrected chi connectivity index (χ0v) is 14.3. The summed E-state index contributed by atoms with van der Waals surface area (Å²) in [4.78, 5) is 12.0. The molecule has 1 amide bonds. The number of rotatable bonds is 7. The van der Waals surface area contributed by atoms with Crippen LogP contribution in [0.15, 0.2) is 18.2 Å². The van der Waals surface area contributed by atoms with Crippen molar-refractivity contribution in [2.75, 3.05) is 11.9 Å². The second kappa shape index (κ2) is 8.30. The molecule has 1 aromatic rings. The van der Waals surface area contributed by atoms with Crippen LogP contribution in [0.25, 0.3) is 0 Å². The van der Waals surface area contributed by atoms with Crippen LogP contribution in [0.2, 0.25) is 0 Å². The normalized spacial score (nSPS) is 12.3. The summed E-state index contributed by atoms with van der Waals surface area (Å²) in [6.45, 7) is 8.75. The van der Waals surface area contributed by atoms with E-state index < -0.39 is 0 Å². The lowest BCUT2D eigenvalue weighted by molar-refractivity contribution is -0.115. The first-order valence-electron chi connectivity index (χ1n) is 7.17. The summed E-state index contributed by atoms with van der Waals surface area (Å²) in [5, 5.41) is 2.87. The number of benzene rings is 1. The summed E-state index contributed by atoms with van der Waals surface area (Å²) >= 11 is 3.70. The van der Waals surface area contributed by atoms with Gasteiger partial charge in [-0.15, -0.1) is 0 Å². The standard InChI is InChI=1S/C16H24BrNO2/c1-5-16(19)18-14-8-7-12(9-13(17)11(3)4)10-15(14)20-6-2/h7-8,10-11,13H,5-6,9H2,1-4H3,(H,18,19). The van der Waals surface area contributed by atoms with Gasteiger partial charge in [-0.3, -0.25) is 4.79 Å². The second-order valence-corrected chi connectivity index (χ2v) is 6.31. The molecule has 4 heteroatoms. The van der Waals surface area contributed by atoms with E-state index in [1.54, 1.807) is 0 Å². The van der Waals surface area contributed by atoms with Crippen molar-refractivity contribution in [1.29, 1.82) is 0 Å². The number of carbonyl (C=O) groups is 1. The van der Waals surface area contributed by atoms with E-state index in [4.69, 9.17) is 4.74 Å². The molecule has 0 bridgehead atoms. The van der Waals surface area contributed by atoms with Crippen molar-refractivity contribution in [3.8, 4) is 5.75 Å². The summed E-state index contributed by atoms with van der Waals surface area (Å²) in [5.74, 6) is 1.32. The number of ether oxygens (including phenoxy) is 1. The zero-order chi connectivity index (χ0) is 15.1. The molecule has 1 unspecified atom stereocenters. The molecular weight excluding hydrogens is 318 g/mol. The summed E-state index contributed by atoms with van der Waals surface area (Å²) in [7, 11) is 0. The van der Waals surface area contributed by atoms with E-state index in [9.17, 15) is 4.79 Å². The summed E-state index contributed by atoms with van der Waals surface area (Å²) in [6.07, 6.45) is 1.41. The molecule has 3 nitrogen and oxygen atoms in total. The lowest BCUT2D eigenvalue weighted by Gasteiger charge is -2.16. The first-order valence-corrected chi connectivity index (χ1v) is 8.09. The van der Waals surface area contributed by atoms with Crippen molar-refractivity contribution < 1.29 is 9.53 Å². The minimum Gasteiger partial charge on any atom is -0.492 e. The van der Waals surface area contributed by atoms with Gasteiger partial charge in [0.05, 0.1) is 12.3 Å². The van der Waals surface area contributed by atoms with Crippen LogP contribution in [-0.2, 0) is 11.2 Å². The van der Waals surface area contributed by atoms with Crippen LogP contribution in [0, 0.1) is 5.92 Å². The Morgan fingerprint density at radius 3 is 2.60 bits per heavy atom. The Hall–Kier alpha value is -1.03. The molecular formula is C16H24BrNO2. The second-order valence-electron chi connectivity index (χ2n) is 5.13. The molecule has 1 atom stereocenters. The number of anilines is 1. The Morgan fingerprint density at radius 1 is 1.35 bits per heavy atom. The molecule has 0 saturated heterocycles. The first kappa shape index (κ1) is 17.0. The van der Waals surface area contributed by atoms with Crippen molar-refractivity contribution in [2.24, 2.45) is 5.92 Å². The molecule has 1 rings (SSSR count). The molecule has 0 aliphatic heterocycles. The smallest absolute Gasteiger partial charge is 0.224 e. The average molecular weight is 342 g/mol. The van der Waals surface area contributed by atoms with Crippen LogP contribution in [0.3, 0.4) is 0 Å². The highest BCUT2D eigenvalue weighted by molar-refractivity contribution is 9.09. The van der Waals surface area contributed by atoms with E-state index in [-0.39, 0.29) is 5.91 Å². The third-order valence-electron chi connectivity index (χ3n) is 3.10. The summed E-state index contributed by atoms with van der Waals surface area (Å²) in [6, 6.07) is 5.99. The molecule has 112 valence electrons. The third kappa shape index (κ3) is 5.16. The predicted molar refractivity (Wildman–Crippen MR) is 87.8 cm³/mol. The van der Waals surface area contributed by atoms with Crippen LogP contribution in [0.1, 0.15) is 39.7 Å². The maximum atomic E-state index is 11.5. The van der Waals surface area contributed by atoms with Crippen LogP contribution in [0.5, 0.6) is 5.75 Å². The molecule has 0 aromatic heterocycles. The molecule has 0 aliphatic rings. The quantitative estimate of drug-likeness (QED) is 0.746. The topological polar surface area (TPSA) is 38.3 Å². The van der Waals surface area contributed by atoms with Gasteiger partial charge in [0.15, 0.2) is 0 Å². The summed E-state index contributed by atoms with van der Waals surface area (Å²) < 4.78 is 5.64. The summed E-state index contributed by atoms with van der Waals surface area (Å²) in [5.41, 5.74) is 1.96. The van der Waals surface area contributed by atoms with E-state index in [0.717, 1.165) is 17.9 Å². The molecule has 0 saturated carbocycles. The van der Waals surface area contributed by atoms with E-state index in [0.29, 0.717) is 23.8 Å². The number of halogens is 1. The van der Waals surface area contributed by atoms with Gasteiger partial charge in [0.2, 0.25) is 5.91 Å². The van der Waals surface area contributed by atoms with Gasteiger partial charge in [-0.1, -0.05) is 42.8 Å². The molecule has 20 heavy (non-hydrogen) atoms. The number of hydrogen-bond donors (Lipinski definition) is 1. The molecule has 0 heterocycles. The minimum atomic E-state index is -0.000693. The SMILES string of the molecule is CCOc1cc(CC(Br)C(C)C)ccc1NC(=O)CC. The maximum Gasteiger partial charge on any atom is 0.224 e.